The van der Waals surface area contributed by atoms with E-state index in [0.29, 0.717) is 0 Å². The van der Waals surface area contributed by atoms with E-state index in [-0.39, 0.29) is 6.29 Å². The highest BCUT2D eigenvalue weighted by Crippen LogP contribution is 2.26. The summed E-state index contributed by atoms with van der Waals surface area (Å²) >= 11 is 2.61. The van der Waals surface area contributed by atoms with Crippen molar-refractivity contribution in [2.24, 2.45) is 0 Å². The molecule has 10 heteroatoms. The van der Waals surface area contributed by atoms with Gasteiger partial charge in [0.2, 0.25) is 4.51 Å². The fourth-order valence-electron chi connectivity index (χ4n) is 1.46. The third kappa shape index (κ3) is 6.96. The van der Waals surface area contributed by atoms with Crippen molar-refractivity contribution in [2.45, 2.75) is 43.6 Å². The zero-order valence-electron chi connectivity index (χ0n) is 12.1. The maximum absolute atomic E-state index is 11.1. The van der Waals surface area contributed by atoms with Gasteiger partial charge in [-0.05, 0) is 15.9 Å². The average Bonchev–Trinajstić information content (AvgIpc) is 2.39. The standard InChI is InChI=1S/C12H17BrO9/c1-6(15)20-4-9(18)10(21-7(2)16)11(22-8(3)17)12(13,19)5-14/h5,9-11,18-19H,4H2,1-3H3/t9-,10-,11+,12+/m1/s1. The number of carbonyl (C=O) groups excluding carboxylic acids is 4. The molecular formula is C12H17BrO9. The Morgan fingerprint density at radius 3 is 2.00 bits per heavy atom. The molecule has 0 aliphatic rings. The predicted octanol–water partition coefficient (Wildman–Crippen LogP) is -0.944. The summed E-state index contributed by atoms with van der Waals surface area (Å²) < 4.78 is 11.7. The lowest BCUT2D eigenvalue weighted by atomic mass is 10.0. The molecule has 0 heterocycles. The van der Waals surface area contributed by atoms with Crippen molar-refractivity contribution < 1.29 is 43.6 Å². The lowest BCUT2D eigenvalue weighted by Gasteiger charge is -2.34. The molecule has 22 heavy (non-hydrogen) atoms. The first-order valence-electron chi connectivity index (χ1n) is 6.04. The van der Waals surface area contributed by atoms with E-state index in [4.69, 9.17) is 9.47 Å². The van der Waals surface area contributed by atoms with E-state index in [1.165, 1.54) is 0 Å². The Labute approximate surface area is 134 Å². The van der Waals surface area contributed by atoms with Crippen molar-refractivity contribution in [3.63, 3.8) is 0 Å². The lowest BCUT2D eigenvalue weighted by molar-refractivity contribution is -0.192. The summed E-state index contributed by atoms with van der Waals surface area (Å²) in [4.78, 5) is 43.9. The highest BCUT2D eigenvalue weighted by molar-refractivity contribution is 9.10. The topological polar surface area (TPSA) is 136 Å². The fraction of sp³-hybridized carbons (Fsp3) is 0.667. The third-order valence-electron chi connectivity index (χ3n) is 2.29. The molecule has 0 spiro atoms. The summed E-state index contributed by atoms with van der Waals surface area (Å²) in [6.07, 6.45) is -5.08. The van der Waals surface area contributed by atoms with Gasteiger partial charge < -0.3 is 24.4 Å². The molecule has 0 aromatic rings. The number of hydrogen-bond donors (Lipinski definition) is 2. The van der Waals surface area contributed by atoms with Crippen LogP contribution in [0.1, 0.15) is 20.8 Å². The molecule has 0 aliphatic heterocycles. The molecule has 0 radical (unpaired) electrons. The SMILES string of the molecule is CC(=O)OC[C@@H](O)[C@@H](OC(C)=O)[C@H](OC(C)=O)[C@](O)(Br)C=O. The highest BCUT2D eigenvalue weighted by atomic mass is 79.9. The Hall–Kier alpha value is -1.52. The minimum Gasteiger partial charge on any atom is -0.463 e. The molecule has 0 saturated carbocycles. The molecule has 0 aromatic heterocycles. The largest absolute Gasteiger partial charge is 0.463 e. The first-order valence-corrected chi connectivity index (χ1v) is 6.84. The van der Waals surface area contributed by atoms with Gasteiger partial charge in [-0.15, -0.1) is 0 Å². The molecule has 2 N–H and O–H groups in total. The van der Waals surface area contributed by atoms with Gasteiger partial charge in [0.05, 0.1) is 0 Å². The molecule has 0 amide bonds. The number of esters is 3. The van der Waals surface area contributed by atoms with Crippen LogP contribution in [0, 0.1) is 0 Å². The van der Waals surface area contributed by atoms with E-state index in [1.807, 2.05) is 0 Å². The van der Waals surface area contributed by atoms with Gasteiger partial charge in [0.15, 0.2) is 18.5 Å². The van der Waals surface area contributed by atoms with Crippen LogP contribution in [0.4, 0.5) is 0 Å². The van der Waals surface area contributed by atoms with Crippen LogP contribution in [0.25, 0.3) is 0 Å². The van der Waals surface area contributed by atoms with Gasteiger partial charge in [0.25, 0.3) is 0 Å². The minimum atomic E-state index is -2.42. The van der Waals surface area contributed by atoms with Gasteiger partial charge in [-0.2, -0.15) is 0 Å². The van der Waals surface area contributed by atoms with Gasteiger partial charge in [0, 0.05) is 20.8 Å². The number of alkyl halides is 1. The van der Waals surface area contributed by atoms with Crippen LogP contribution in [0.3, 0.4) is 0 Å². The van der Waals surface area contributed by atoms with Gasteiger partial charge >= 0.3 is 17.9 Å². The normalized spacial score (nSPS) is 17.4. The molecule has 4 atom stereocenters. The summed E-state index contributed by atoms with van der Waals surface area (Å²) in [5.41, 5.74) is 0. The van der Waals surface area contributed by atoms with Crippen molar-refractivity contribution in [1.82, 2.24) is 0 Å². The summed E-state index contributed by atoms with van der Waals surface area (Å²) in [5, 5.41) is 19.9. The van der Waals surface area contributed by atoms with Gasteiger partial charge in [0.1, 0.15) is 12.7 Å². The Kier molecular flexibility index (Phi) is 8.20. The van der Waals surface area contributed by atoms with Gasteiger partial charge in [-0.1, -0.05) is 0 Å². The maximum atomic E-state index is 11.1. The molecule has 9 nitrogen and oxygen atoms in total. The number of carbonyl (C=O) groups is 4. The molecule has 0 aliphatic carbocycles. The van der Waals surface area contributed by atoms with Crippen molar-refractivity contribution >= 4 is 40.1 Å². The van der Waals surface area contributed by atoms with E-state index in [1.54, 1.807) is 0 Å². The van der Waals surface area contributed by atoms with Crippen LogP contribution < -0.4 is 0 Å². The molecular weight excluding hydrogens is 368 g/mol. The van der Waals surface area contributed by atoms with Crippen LogP contribution in [-0.2, 0) is 33.4 Å². The van der Waals surface area contributed by atoms with Crippen LogP contribution in [0.2, 0.25) is 0 Å². The number of aliphatic hydroxyl groups is 2. The zero-order valence-corrected chi connectivity index (χ0v) is 13.7. The second kappa shape index (κ2) is 8.81. The Bertz CT molecular complexity index is 434. The van der Waals surface area contributed by atoms with Crippen LogP contribution in [-0.4, -0.2) is 63.8 Å². The second-order valence-corrected chi connectivity index (χ2v) is 5.59. The quantitative estimate of drug-likeness (QED) is 0.235. The minimum absolute atomic E-state index is 0.00431. The predicted molar refractivity (Wildman–Crippen MR) is 73.7 cm³/mol. The van der Waals surface area contributed by atoms with Crippen molar-refractivity contribution in [2.75, 3.05) is 6.61 Å². The first kappa shape index (κ1) is 20.5. The molecule has 0 fully saturated rings. The molecule has 0 aromatic carbocycles. The van der Waals surface area contributed by atoms with Crippen LogP contribution in [0.5, 0.6) is 0 Å². The number of aldehydes is 1. The molecule has 0 unspecified atom stereocenters. The molecule has 0 bridgehead atoms. The molecule has 0 saturated heterocycles. The Balaban J connectivity index is 5.44. The average molecular weight is 385 g/mol. The summed E-state index contributed by atoms with van der Waals surface area (Å²) in [7, 11) is 0. The monoisotopic (exact) mass is 384 g/mol. The number of halogens is 1. The number of aliphatic hydroxyl groups excluding tert-OH is 1. The van der Waals surface area contributed by atoms with Crippen molar-refractivity contribution in [3.05, 3.63) is 0 Å². The lowest BCUT2D eigenvalue weighted by Crippen LogP contribution is -2.55. The summed E-state index contributed by atoms with van der Waals surface area (Å²) in [6, 6.07) is 0. The first-order chi connectivity index (χ1) is 10.0. The summed E-state index contributed by atoms with van der Waals surface area (Å²) in [6.45, 7) is 2.48. The number of rotatable bonds is 8. The smallest absolute Gasteiger partial charge is 0.303 e. The molecule has 0 rings (SSSR count). The van der Waals surface area contributed by atoms with Gasteiger partial charge in [-0.3, -0.25) is 19.2 Å². The Morgan fingerprint density at radius 2 is 1.64 bits per heavy atom. The van der Waals surface area contributed by atoms with Gasteiger partial charge in [-0.25, -0.2) is 0 Å². The number of hydrogen-bond acceptors (Lipinski definition) is 9. The van der Waals surface area contributed by atoms with E-state index in [9.17, 15) is 29.4 Å². The van der Waals surface area contributed by atoms with E-state index < -0.39 is 47.3 Å². The van der Waals surface area contributed by atoms with Crippen molar-refractivity contribution in [1.29, 1.82) is 0 Å². The fourth-order valence-corrected chi connectivity index (χ4v) is 1.81. The summed E-state index contributed by atoms with van der Waals surface area (Å²) in [5.74, 6) is -2.49. The third-order valence-corrected chi connectivity index (χ3v) is 2.93. The second-order valence-electron chi connectivity index (χ2n) is 4.32. The van der Waals surface area contributed by atoms with Crippen molar-refractivity contribution in [3.8, 4) is 0 Å². The zero-order chi connectivity index (χ0) is 17.5. The Morgan fingerprint density at radius 1 is 1.14 bits per heavy atom. The van der Waals surface area contributed by atoms with Crippen LogP contribution >= 0.6 is 15.9 Å². The molecule has 126 valence electrons. The highest BCUT2D eigenvalue weighted by Gasteiger charge is 2.47. The van der Waals surface area contributed by atoms with E-state index in [0.717, 1.165) is 20.8 Å². The van der Waals surface area contributed by atoms with E-state index in [2.05, 4.69) is 20.7 Å². The maximum Gasteiger partial charge on any atom is 0.303 e. The van der Waals surface area contributed by atoms with Crippen LogP contribution in [0.15, 0.2) is 0 Å². The number of ether oxygens (including phenoxy) is 3. The van der Waals surface area contributed by atoms with E-state index >= 15 is 0 Å².